The van der Waals surface area contributed by atoms with Crippen molar-refractivity contribution in [2.45, 2.75) is 32.0 Å². The molecule has 20 heavy (non-hydrogen) atoms. The zero-order valence-electron chi connectivity index (χ0n) is 11.1. The minimum absolute atomic E-state index is 0.0574. The van der Waals surface area contributed by atoms with E-state index in [2.05, 4.69) is 10.3 Å². The van der Waals surface area contributed by atoms with Gasteiger partial charge in [0, 0.05) is 6.54 Å². The summed E-state index contributed by atoms with van der Waals surface area (Å²) in [6, 6.07) is 1.64. The van der Waals surface area contributed by atoms with E-state index in [1.54, 1.807) is 6.92 Å². The number of carbonyl (C=O) groups excluding carboxylic acids is 1. The summed E-state index contributed by atoms with van der Waals surface area (Å²) >= 11 is 0. The van der Waals surface area contributed by atoms with Gasteiger partial charge in [0.2, 0.25) is 0 Å². The molecule has 0 fully saturated rings. The van der Waals surface area contributed by atoms with E-state index in [9.17, 15) is 23.1 Å². The van der Waals surface area contributed by atoms with Crippen LogP contribution in [0, 0.1) is 0 Å². The topological polar surface area (TPSA) is 88.2 Å². The fraction of sp³-hybridized carbons (Fsp3) is 0.500. The maximum atomic E-state index is 12.6. The van der Waals surface area contributed by atoms with Crippen molar-refractivity contribution in [2.75, 3.05) is 11.9 Å². The van der Waals surface area contributed by atoms with Crippen molar-refractivity contribution < 1.29 is 23.1 Å². The molecule has 112 valence electrons. The van der Waals surface area contributed by atoms with E-state index >= 15 is 0 Å². The average Bonchev–Trinajstić information content (AvgIpc) is 2.35. The average molecular weight is 291 g/mol. The number of alkyl halides is 3. The number of halogens is 3. The summed E-state index contributed by atoms with van der Waals surface area (Å²) in [5, 5.41) is 12.4. The van der Waals surface area contributed by atoms with Crippen LogP contribution in [0.4, 0.5) is 19.0 Å². The second-order valence-corrected chi connectivity index (χ2v) is 4.66. The van der Waals surface area contributed by atoms with Crippen LogP contribution < -0.4 is 11.1 Å². The molecule has 8 heteroatoms. The number of anilines is 1. The van der Waals surface area contributed by atoms with Crippen molar-refractivity contribution in [3.63, 3.8) is 0 Å². The lowest BCUT2D eigenvalue weighted by atomic mass is 10.0. The van der Waals surface area contributed by atoms with E-state index in [0.717, 1.165) is 6.07 Å². The number of aromatic nitrogens is 1. The first kappa shape index (κ1) is 16.2. The normalized spacial score (nSPS) is 14.7. The molecule has 0 radical (unpaired) electrons. The van der Waals surface area contributed by atoms with E-state index in [1.165, 1.54) is 6.92 Å². The number of nitrogens with zero attached hydrogens (tertiary/aromatic N) is 1. The van der Waals surface area contributed by atoms with Gasteiger partial charge < -0.3 is 16.2 Å². The second kappa shape index (κ2) is 5.66. The molecule has 1 atom stereocenters. The van der Waals surface area contributed by atoms with Crippen molar-refractivity contribution >= 4 is 11.7 Å². The van der Waals surface area contributed by atoms with Crippen LogP contribution in [0.25, 0.3) is 0 Å². The summed E-state index contributed by atoms with van der Waals surface area (Å²) in [5.74, 6) is -1.19. The van der Waals surface area contributed by atoms with Crippen LogP contribution in [0.3, 0.4) is 0 Å². The highest BCUT2D eigenvalue weighted by atomic mass is 19.4. The van der Waals surface area contributed by atoms with Crippen LogP contribution in [-0.2, 0) is 6.18 Å². The van der Waals surface area contributed by atoms with Gasteiger partial charge >= 0.3 is 6.18 Å². The van der Waals surface area contributed by atoms with Crippen molar-refractivity contribution in [1.29, 1.82) is 0 Å². The zero-order valence-corrected chi connectivity index (χ0v) is 11.1. The third-order valence-corrected chi connectivity index (χ3v) is 2.85. The molecule has 1 heterocycles. The Labute approximate surface area is 114 Å². The third kappa shape index (κ3) is 4.09. The molecule has 0 aliphatic carbocycles. The Morgan fingerprint density at radius 1 is 1.45 bits per heavy atom. The molecule has 5 nitrogen and oxygen atoms in total. The van der Waals surface area contributed by atoms with Gasteiger partial charge in [0.05, 0.1) is 11.2 Å². The number of pyridine rings is 1. The van der Waals surface area contributed by atoms with E-state index in [1.807, 2.05) is 0 Å². The molecule has 0 spiro atoms. The zero-order chi connectivity index (χ0) is 15.6. The molecule has 0 bridgehead atoms. The highest BCUT2D eigenvalue weighted by Crippen LogP contribution is 2.29. The Kier molecular flexibility index (Phi) is 4.59. The minimum Gasteiger partial charge on any atom is -0.388 e. The van der Waals surface area contributed by atoms with Gasteiger partial charge in [-0.15, -0.1) is 0 Å². The van der Waals surface area contributed by atoms with Crippen molar-refractivity contribution in [2.24, 2.45) is 5.73 Å². The molecule has 4 N–H and O–H groups in total. The first-order valence-electron chi connectivity index (χ1n) is 5.91. The third-order valence-electron chi connectivity index (χ3n) is 2.85. The van der Waals surface area contributed by atoms with Crippen molar-refractivity contribution in [3.8, 4) is 0 Å². The number of amides is 1. The van der Waals surface area contributed by atoms with Gasteiger partial charge in [-0.3, -0.25) is 4.79 Å². The predicted octanol–water partition coefficient (Wildman–Crippen LogP) is 1.77. The number of nitrogens with two attached hydrogens (primary N) is 1. The summed E-state index contributed by atoms with van der Waals surface area (Å²) in [5.41, 5.74) is 2.65. The van der Waals surface area contributed by atoms with E-state index < -0.39 is 23.4 Å². The Bertz CT molecular complexity index is 501. The lowest BCUT2D eigenvalue weighted by Gasteiger charge is -2.22. The summed E-state index contributed by atoms with van der Waals surface area (Å²) in [6.45, 7) is 3.17. The number of hydrogen-bond donors (Lipinski definition) is 3. The first-order valence-corrected chi connectivity index (χ1v) is 5.91. The molecule has 1 unspecified atom stereocenters. The van der Waals surface area contributed by atoms with E-state index in [0.29, 0.717) is 12.5 Å². The van der Waals surface area contributed by atoms with Crippen LogP contribution >= 0.6 is 0 Å². The summed E-state index contributed by atoms with van der Waals surface area (Å²) < 4.78 is 37.8. The Hall–Kier alpha value is -1.83. The Morgan fingerprint density at radius 3 is 2.50 bits per heavy atom. The van der Waals surface area contributed by atoms with Crippen LogP contribution in [0.1, 0.15) is 36.3 Å². The maximum Gasteiger partial charge on any atom is 0.433 e. The van der Waals surface area contributed by atoms with E-state index in [-0.39, 0.29) is 17.9 Å². The van der Waals surface area contributed by atoms with Crippen LogP contribution in [0.5, 0.6) is 0 Å². The fourth-order valence-electron chi connectivity index (χ4n) is 1.35. The molecule has 0 aliphatic heterocycles. The molecule has 1 aromatic rings. The van der Waals surface area contributed by atoms with Gasteiger partial charge in [-0.1, -0.05) is 6.92 Å². The lowest BCUT2D eigenvalue weighted by molar-refractivity contribution is -0.141. The summed E-state index contributed by atoms with van der Waals surface area (Å²) in [7, 11) is 0. The number of nitrogens with one attached hydrogen (secondary N) is 1. The molecular weight excluding hydrogens is 275 g/mol. The van der Waals surface area contributed by atoms with Gasteiger partial charge in [-0.2, -0.15) is 13.2 Å². The maximum absolute atomic E-state index is 12.6. The minimum atomic E-state index is -4.63. The predicted molar refractivity (Wildman–Crippen MR) is 67.2 cm³/mol. The number of primary amides is 1. The second-order valence-electron chi connectivity index (χ2n) is 4.66. The standard InChI is InChI=1S/C12H16F3N3O2/c1-3-11(2,20)6-17-10-7(9(16)19)4-5-8(18-10)12(13,14)15/h4-5,20H,3,6H2,1-2H3,(H2,16,19)(H,17,18). The van der Waals surface area contributed by atoms with Gasteiger partial charge in [0.15, 0.2) is 0 Å². The highest BCUT2D eigenvalue weighted by Gasteiger charge is 2.33. The van der Waals surface area contributed by atoms with Crippen LogP contribution in [0.15, 0.2) is 12.1 Å². The SMILES string of the molecule is CCC(C)(O)CNc1nc(C(F)(F)F)ccc1C(N)=O. The first-order chi connectivity index (χ1) is 9.07. The largest absolute Gasteiger partial charge is 0.433 e. The summed E-state index contributed by atoms with van der Waals surface area (Å²) in [4.78, 5) is 14.5. The molecule has 0 saturated carbocycles. The quantitative estimate of drug-likeness (QED) is 0.771. The number of carbonyl (C=O) groups is 1. The Morgan fingerprint density at radius 2 is 2.05 bits per heavy atom. The van der Waals surface area contributed by atoms with E-state index in [4.69, 9.17) is 5.73 Å². The monoisotopic (exact) mass is 291 g/mol. The molecule has 1 aromatic heterocycles. The smallest absolute Gasteiger partial charge is 0.388 e. The van der Waals surface area contributed by atoms with Crippen molar-refractivity contribution in [3.05, 3.63) is 23.4 Å². The molecule has 0 aliphatic rings. The lowest BCUT2D eigenvalue weighted by Crippen LogP contribution is -2.33. The number of hydrogen-bond acceptors (Lipinski definition) is 4. The molecule has 1 amide bonds. The van der Waals surface area contributed by atoms with Gasteiger partial charge in [0.1, 0.15) is 11.5 Å². The Balaban J connectivity index is 3.10. The van der Waals surface area contributed by atoms with Gasteiger partial charge in [-0.25, -0.2) is 4.98 Å². The summed E-state index contributed by atoms with van der Waals surface area (Å²) in [6.07, 6.45) is -4.25. The molecule has 0 saturated heterocycles. The number of rotatable bonds is 5. The van der Waals surface area contributed by atoms with Gasteiger partial charge in [0.25, 0.3) is 5.91 Å². The highest BCUT2D eigenvalue weighted by molar-refractivity contribution is 5.97. The molecule has 1 rings (SSSR count). The molecule has 0 aromatic carbocycles. The molecular formula is C12H16F3N3O2. The number of aliphatic hydroxyl groups is 1. The van der Waals surface area contributed by atoms with Gasteiger partial charge in [-0.05, 0) is 25.5 Å². The van der Waals surface area contributed by atoms with Crippen LogP contribution in [0.2, 0.25) is 0 Å². The fourth-order valence-corrected chi connectivity index (χ4v) is 1.35. The van der Waals surface area contributed by atoms with Crippen molar-refractivity contribution in [1.82, 2.24) is 4.98 Å². The van der Waals surface area contributed by atoms with Crippen LogP contribution in [-0.4, -0.2) is 28.1 Å².